The van der Waals surface area contributed by atoms with Crippen molar-refractivity contribution in [3.05, 3.63) is 24.5 Å². The number of nitrogens with zero attached hydrogens (tertiary/aromatic N) is 4. The second-order valence-corrected chi connectivity index (χ2v) is 3.68. The molecule has 3 rings (SSSR count). The summed E-state index contributed by atoms with van der Waals surface area (Å²) < 4.78 is 5.30. The molecular weight excluding hydrogens is 204 g/mol. The summed E-state index contributed by atoms with van der Waals surface area (Å²) in [6.07, 6.45) is 3.52. The summed E-state index contributed by atoms with van der Waals surface area (Å²) in [6, 6.07) is 3.84. The van der Waals surface area contributed by atoms with E-state index in [1.165, 1.54) is 0 Å². The molecule has 5 heteroatoms. The lowest BCUT2D eigenvalue weighted by molar-refractivity contribution is 0.122. The van der Waals surface area contributed by atoms with Crippen molar-refractivity contribution in [1.82, 2.24) is 15.0 Å². The molecule has 0 amide bonds. The molecule has 0 aliphatic carbocycles. The summed E-state index contributed by atoms with van der Waals surface area (Å²) >= 11 is 0. The van der Waals surface area contributed by atoms with Crippen LogP contribution in [0.25, 0.3) is 11.0 Å². The zero-order chi connectivity index (χ0) is 10.8. The third kappa shape index (κ3) is 1.69. The largest absolute Gasteiger partial charge is 0.378 e. The predicted octanol–water partition coefficient (Wildman–Crippen LogP) is 0.861. The summed E-state index contributed by atoms with van der Waals surface area (Å²) in [5, 5.41) is 0. The molecule has 1 aliphatic rings. The Balaban J connectivity index is 1.97. The van der Waals surface area contributed by atoms with Gasteiger partial charge >= 0.3 is 0 Å². The number of hydrogen-bond acceptors (Lipinski definition) is 5. The van der Waals surface area contributed by atoms with Crippen molar-refractivity contribution in [1.29, 1.82) is 0 Å². The maximum atomic E-state index is 5.30. The first-order chi connectivity index (χ1) is 7.93. The molecule has 0 aromatic carbocycles. The van der Waals surface area contributed by atoms with Gasteiger partial charge in [-0.3, -0.25) is 4.98 Å². The van der Waals surface area contributed by atoms with Crippen molar-refractivity contribution in [2.75, 3.05) is 31.2 Å². The van der Waals surface area contributed by atoms with E-state index < -0.39 is 0 Å². The van der Waals surface area contributed by atoms with Gasteiger partial charge in [0.05, 0.1) is 24.9 Å². The third-order valence-electron chi connectivity index (χ3n) is 2.63. The van der Waals surface area contributed by atoms with Crippen LogP contribution >= 0.6 is 0 Å². The molecule has 0 radical (unpaired) electrons. The predicted molar refractivity (Wildman–Crippen MR) is 60.4 cm³/mol. The molecule has 0 atom stereocenters. The average Bonchev–Trinajstić information content (AvgIpc) is 2.39. The fourth-order valence-corrected chi connectivity index (χ4v) is 1.77. The van der Waals surface area contributed by atoms with Gasteiger partial charge in [0.25, 0.3) is 0 Å². The van der Waals surface area contributed by atoms with Crippen molar-refractivity contribution in [2.45, 2.75) is 0 Å². The lowest BCUT2D eigenvalue weighted by Gasteiger charge is -2.26. The first-order valence-electron chi connectivity index (χ1n) is 5.34. The third-order valence-corrected chi connectivity index (χ3v) is 2.63. The van der Waals surface area contributed by atoms with Crippen molar-refractivity contribution in [3.63, 3.8) is 0 Å². The Bertz CT molecular complexity index is 496. The van der Waals surface area contributed by atoms with E-state index in [2.05, 4.69) is 19.9 Å². The number of ether oxygens (including phenoxy) is 1. The molecule has 82 valence electrons. The Morgan fingerprint density at radius 1 is 1.12 bits per heavy atom. The molecule has 1 saturated heterocycles. The molecule has 0 saturated carbocycles. The fourth-order valence-electron chi connectivity index (χ4n) is 1.77. The Kier molecular flexibility index (Phi) is 2.38. The van der Waals surface area contributed by atoms with Gasteiger partial charge in [-0.1, -0.05) is 0 Å². The standard InChI is InChI=1S/C11H12N4O/c1-2-9-10(12-3-1)8-13-11(14-9)15-4-6-16-7-5-15/h1-3,8H,4-7H2. The van der Waals surface area contributed by atoms with Gasteiger partial charge in [0, 0.05) is 19.3 Å². The van der Waals surface area contributed by atoms with Gasteiger partial charge in [0.1, 0.15) is 5.52 Å². The van der Waals surface area contributed by atoms with E-state index in [1.54, 1.807) is 12.4 Å². The number of anilines is 1. The number of pyridine rings is 1. The molecule has 2 aromatic heterocycles. The Hall–Kier alpha value is -1.75. The van der Waals surface area contributed by atoms with E-state index in [0.717, 1.165) is 43.3 Å². The summed E-state index contributed by atoms with van der Waals surface area (Å²) in [6.45, 7) is 3.19. The Labute approximate surface area is 93.1 Å². The van der Waals surface area contributed by atoms with E-state index in [-0.39, 0.29) is 0 Å². The fraction of sp³-hybridized carbons (Fsp3) is 0.364. The minimum absolute atomic E-state index is 0.744. The topological polar surface area (TPSA) is 51.1 Å². The number of morpholine rings is 1. The zero-order valence-corrected chi connectivity index (χ0v) is 8.83. The maximum Gasteiger partial charge on any atom is 0.226 e. The van der Waals surface area contributed by atoms with Gasteiger partial charge in [-0.05, 0) is 12.1 Å². The molecule has 2 aromatic rings. The van der Waals surface area contributed by atoms with Crippen LogP contribution in [0.4, 0.5) is 5.95 Å². The van der Waals surface area contributed by atoms with Gasteiger partial charge in [-0.15, -0.1) is 0 Å². The van der Waals surface area contributed by atoms with Gasteiger partial charge in [0.2, 0.25) is 5.95 Å². The maximum absolute atomic E-state index is 5.30. The highest BCUT2D eigenvalue weighted by atomic mass is 16.5. The number of fused-ring (bicyclic) bond motifs is 1. The quantitative estimate of drug-likeness (QED) is 0.707. The molecule has 16 heavy (non-hydrogen) atoms. The molecule has 1 aliphatic heterocycles. The molecule has 0 bridgehead atoms. The minimum Gasteiger partial charge on any atom is -0.378 e. The van der Waals surface area contributed by atoms with Crippen molar-refractivity contribution < 1.29 is 4.74 Å². The monoisotopic (exact) mass is 216 g/mol. The number of rotatable bonds is 1. The molecule has 5 nitrogen and oxygen atoms in total. The lowest BCUT2D eigenvalue weighted by Crippen LogP contribution is -2.37. The summed E-state index contributed by atoms with van der Waals surface area (Å²) in [5.41, 5.74) is 1.72. The molecule has 0 unspecified atom stereocenters. The van der Waals surface area contributed by atoms with Crippen LogP contribution in [0.3, 0.4) is 0 Å². The Morgan fingerprint density at radius 3 is 2.88 bits per heavy atom. The van der Waals surface area contributed by atoms with Gasteiger partial charge in [-0.2, -0.15) is 0 Å². The van der Waals surface area contributed by atoms with Crippen LogP contribution in [0.5, 0.6) is 0 Å². The second-order valence-electron chi connectivity index (χ2n) is 3.68. The first kappa shape index (κ1) is 9.47. The lowest BCUT2D eigenvalue weighted by atomic mass is 10.3. The van der Waals surface area contributed by atoms with E-state index in [0.29, 0.717) is 0 Å². The average molecular weight is 216 g/mol. The molecule has 0 spiro atoms. The normalized spacial score (nSPS) is 16.6. The second kappa shape index (κ2) is 4.02. The van der Waals surface area contributed by atoms with Gasteiger partial charge in [0.15, 0.2) is 0 Å². The van der Waals surface area contributed by atoms with Crippen LogP contribution in [0.15, 0.2) is 24.5 Å². The number of hydrogen-bond donors (Lipinski definition) is 0. The van der Waals surface area contributed by atoms with Crippen molar-refractivity contribution >= 4 is 17.0 Å². The van der Waals surface area contributed by atoms with Crippen molar-refractivity contribution in [3.8, 4) is 0 Å². The van der Waals surface area contributed by atoms with E-state index in [9.17, 15) is 0 Å². The minimum atomic E-state index is 0.744. The highest BCUT2D eigenvalue weighted by Crippen LogP contribution is 2.13. The van der Waals surface area contributed by atoms with Crippen LogP contribution in [0, 0.1) is 0 Å². The smallest absolute Gasteiger partial charge is 0.226 e. The van der Waals surface area contributed by atoms with E-state index in [4.69, 9.17) is 4.74 Å². The Morgan fingerprint density at radius 2 is 2.00 bits per heavy atom. The first-order valence-corrected chi connectivity index (χ1v) is 5.34. The van der Waals surface area contributed by atoms with Crippen LogP contribution in [0.2, 0.25) is 0 Å². The zero-order valence-electron chi connectivity index (χ0n) is 8.83. The van der Waals surface area contributed by atoms with Crippen molar-refractivity contribution in [2.24, 2.45) is 0 Å². The highest BCUT2D eigenvalue weighted by Gasteiger charge is 2.13. The molecule has 0 N–H and O–H groups in total. The van der Waals surface area contributed by atoms with Crippen LogP contribution < -0.4 is 4.90 Å². The summed E-state index contributed by atoms with van der Waals surface area (Å²) in [7, 11) is 0. The van der Waals surface area contributed by atoms with Crippen LogP contribution in [-0.4, -0.2) is 41.3 Å². The molecule has 1 fully saturated rings. The van der Waals surface area contributed by atoms with E-state index in [1.807, 2.05) is 12.1 Å². The highest BCUT2D eigenvalue weighted by molar-refractivity contribution is 5.73. The van der Waals surface area contributed by atoms with Gasteiger partial charge in [-0.25, -0.2) is 9.97 Å². The molecular formula is C11H12N4O. The SMILES string of the molecule is c1cnc2cnc(N3CCOCC3)nc2c1. The number of aromatic nitrogens is 3. The molecule has 3 heterocycles. The van der Waals surface area contributed by atoms with Gasteiger partial charge < -0.3 is 9.64 Å². The van der Waals surface area contributed by atoms with Crippen LogP contribution in [-0.2, 0) is 4.74 Å². The summed E-state index contributed by atoms with van der Waals surface area (Å²) in [5.74, 6) is 0.767. The van der Waals surface area contributed by atoms with E-state index >= 15 is 0 Å². The van der Waals surface area contributed by atoms with Crippen LogP contribution in [0.1, 0.15) is 0 Å². The summed E-state index contributed by atoms with van der Waals surface area (Å²) in [4.78, 5) is 15.2.